The number of ether oxygens (including phenoxy) is 2. The van der Waals surface area contributed by atoms with Gasteiger partial charge in [-0.15, -0.1) is 0 Å². The second kappa shape index (κ2) is 8.67. The molecule has 4 rings (SSSR count). The number of rotatable bonds is 5. The average molecular weight is 445 g/mol. The molecule has 1 aromatic carbocycles. The number of pyridine rings is 1. The minimum absolute atomic E-state index is 0.144. The van der Waals surface area contributed by atoms with Crippen molar-refractivity contribution in [1.82, 2.24) is 10.3 Å². The number of H-pyrrole nitrogens is 1. The lowest BCUT2D eigenvalue weighted by Gasteiger charge is -2.39. The van der Waals surface area contributed by atoms with Crippen LogP contribution in [0.15, 0.2) is 23.0 Å². The quantitative estimate of drug-likeness (QED) is 0.683. The minimum atomic E-state index is -0.616. The van der Waals surface area contributed by atoms with E-state index in [1.54, 1.807) is 12.1 Å². The van der Waals surface area contributed by atoms with E-state index in [0.717, 1.165) is 49.8 Å². The van der Waals surface area contributed by atoms with E-state index >= 15 is 0 Å². The fraction of sp³-hybridized carbons (Fsp3) is 0.500. The summed E-state index contributed by atoms with van der Waals surface area (Å²) in [4.78, 5) is 28.5. The largest absolute Gasteiger partial charge is 0.462 e. The van der Waals surface area contributed by atoms with Crippen molar-refractivity contribution in [1.29, 1.82) is 0 Å². The molecule has 1 amide bonds. The van der Waals surface area contributed by atoms with Gasteiger partial charge in [0.1, 0.15) is 5.75 Å². The summed E-state index contributed by atoms with van der Waals surface area (Å²) in [6.45, 7) is 6.01. The molecule has 1 aromatic heterocycles. The van der Waals surface area contributed by atoms with Crippen LogP contribution >= 0.6 is 11.6 Å². The number of hydrogen-bond donors (Lipinski definition) is 2. The van der Waals surface area contributed by atoms with Crippen molar-refractivity contribution in [2.24, 2.45) is 0 Å². The van der Waals surface area contributed by atoms with Crippen LogP contribution in [0.1, 0.15) is 84.8 Å². The molecule has 31 heavy (non-hydrogen) atoms. The molecule has 0 radical (unpaired) electrons. The summed E-state index contributed by atoms with van der Waals surface area (Å²) in [5, 5.41) is 3.34. The molecule has 0 saturated heterocycles. The van der Waals surface area contributed by atoms with Crippen molar-refractivity contribution in [2.45, 2.75) is 77.7 Å². The summed E-state index contributed by atoms with van der Waals surface area (Å²) in [7, 11) is 0. The Kier molecular flexibility index (Phi) is 6.13. The highest BCUT2D eigenvalue weighted by Crippen LogP contribution is 2.47. The topological polar surface area (TPSA) is 80.4 Å². The van der Waals surface area contributed by atoms with Gasteiger partial charge < -0.3 is 19.8 Å². The van der Waals surface area contributed by atoms with Crippen LogP contribution < -0.4 is 15.6 Å². The predicted octanol–water partition coefficient (Wildman–Crippen LogP) is 4.96. The van der Waals surface area contributed by atoms with Crippen molar-refractivity contribution < 1.29 is 14.3 Å². The maximum absolute atomic E-state index is 13.2. The number of aromatic amines is 1. The zero-order valence-electron chi connectivity index (χ0n) is 18.3. The lowest BCUT2D eigenvalue weighted by molar-refractivity contribution is -0.221. The van der Waals surface area contributed by atoms with Gasteiger partial charge in [0, 0.05) is 41.2 Å². The van der Waals surface area contributed by atoms with E-state index < -0.39 is 5.79 Å². The highest BCUT2D eigenvalue weighted by Gasteiger charge is 2.44. The smallest absolute Gasteiger partial charge is 0.253 e. The van der Waals surface area contributed by atoms with Crippen molar-refractivity contribution in [3.8, 4) is 5.75 Å². The maximum Gasteiger partial charge on any atom is 0.253 e. The Balaban J connectivity index is 1.61. The number of aryl methyl sites for hydroxylation is 2. The average Bonchev–Trinajstić information content (AvgIpc) is 3.13. The zero-order chi connectivity index (χ0) is 22.2. The highest BCUT2D eigenvalue weighted by atomic mass is 35.5. The number of aromatic nitrogens is 1. The number of nitrogens with one attached hydrogen (secondary N) is 2. The first-order valence-electron chi connectivity index (χ1n) is 11.0. The van der Waals surface area contributed by atoms with E-state index in [0.29, 0.717) is 27.5 Å². The molecule has 2 aromatic rings. The van der Waals surface area contributed by atoms with Crippen LogP contribution in [0.4, 0.5) is 0 Å². The first-order valence-corrected chi connectivity index (χ1v) is 11.4. The Morgan fingerprint density at radius 1 is 1.29 bits per heavy atom. The van der Waals surface area contributed by atoms with E-state index in [1.807, 2.05) is 19.9 Å². The summed E-state index contributed by atoms with van der Waals surface area (Å²) in [5.41, 5.74) is 3.31. The normalized spacial score (nSPS) is 19.2. The molecule has 2 aliphatic rings. The van der Waals surface area contributed by atoms with Crippen LogP contribution in [0.5, 0.6) is 5.75 Å². The van der Waals surface area contributed by atoms with E-state index in [2.05, 4.69) is 17.2 Å². The standard InChI is InChI=1S/C24H29ClN2O4/c1-4-7-16-10-14(2)27-23(29)19(16)13-26-22(28)18-11-17(25)12-20-21(18)15(3)30-24(31-20)8-5-6-9-24/h10-12,15H,4-9,13H2,1-3H3,(H,26,28)(H,27,29). The summed E-state index contributed by atoms with van der Waals surface area (Å²) >= 11 is 6.34. The molecule has 1 unspecified atom stereocenters. The van der Waals surface area contributed by atoms with Crippen molar-refractivity contribution in [3.05, 3.63) is 61.5 Å². The van der Waals surface area contributed by atoms with Crippen LogP contribution in [0.3, 0.4) is 0 Å². The number of carbonyl (C=O) groups is 1. The molecule has 1 saturated carbocycles. The van der Waals surface area contributed by atoms with Crippen molar-refractivity contribution in [2.75, 3.05) is 0 Å². The zero-order valence-corrected chi connectivity index (χ0v) is 19.0. The Morgan fingerprint density at radius 2 is 2.03 bits per heavy atom. The van der Waals surface area contributed by atoms with E-state index in [-0.39, 0.29) is 24.1 Å². The Hall–Kier alpha value is -2.31. The highest BCUT2D eigenvalue weighted by molar-refractivity contribution is 6.31. The van der Waals surface area contributed by atoms with E-state index in [1.165, 1.54) is 0 Å². The molecule has 0 bridgehead atoms. The minimum Gasteiger partial charge on any atom is -0.462 e. The summed E-state index contributed by atoms with van der Waals surface area (Å²) < 4.78 is 12.5. The van der Waals surface area contributed by atoms with Crippen LogP contribution in [0.2, 0.25) is 5.02 Å². The van der Waals surface area contributed by atoms with Gasteiger partial charge in [-0.3, -0.25) is 9.59 Å². The number of amides is 1. The fourth-order valence-corrected chi connectivity index (χ4v) is 4.97. The predicted molar refractivity (Wildman–Crippen MR) is 120 cm³/mol. The lowest BCUT2D eigenvalue weighted by Crippen LogP contribution is -2.41. The molecular weight excluding hydrogens is 416 g/mol. The molecular formula is C24H29ClN2O4. The second-order valence-corrected chi connectivity index (χ2v) is 9.00. The molecule has 6 nitrogen and oxygen atoms in total. The van der Waals surface area contributed by atoms with E-state index in [9.17, 15) is 9.59 Å². The Labute approximate surface area is 187 Å². The van der Waals surface area contributed by atoms with Gasteiger partial charge in [0.25, 0.3) is 11.5 Å². The van der Waals surface area contributed by atoms with Crippen LogP contribution in [0, 0.1) is 6.92 Å². The van der Waals surface area contributed by atoms with Gasteiger partial charge in [-0.05, 0) is 56.9 Å². The first-order chi connectivity index (χ1) is 14.8. The molecule has 2 N–H and O–H groups in total. The summed E-state index contributed by atoms with van der Waals surface area (Å²) in [5.74, 6) is -0.310. The third-order valence-corrected chi connectivity index (χ3v) is 6.34. The number of carbonyl (C=O) groups excluding carboxylic acids is 1. The molecule has 1 atom stereocenters. The molecule has 1 aliphatic carbocycles. The maximum atomic E-state index is 13.2. The van der Waals surface area contributed by atoms with Crippen molar-refractivity contribution >= 4 is 17.5 Å². The molecule has 1 fully saturated rings. The Bertz CT molecular complexity index is 1060. The monoisotopic (exact) mass is 444 g/mol. The summed E-state index contributed by atoms with van der Waals surface area (Å²) in [6, 6.07) is 5.37. The van der Waals surface area contributed by atoms with Gasteiger partial charge in [0.05, 0.1) is 11.7 Å². The van der Waals surface area contributed by atoms with Gasteiger partial charge >= 0.3 is 0 Å². The second-order valence-electron chi connectivity index (χ2n) is 8.56. The third kappa shape index (κ3) is 4.37. The van der Waals surface area contributed by atoms with Crippen LogP contribution in [0.25, 0.3) is 0 Å². The van der Waals surface area contributed by atoms with E-state index in [4.69, 9.17) is 21.1 Å². The summed E-state index contributed by atoms with van der Waals surface area (Å²) in [6.07, 6.45) is 5.19. The lowest BCUT2D eigenvalue weighted by atomic mass is 9.98. The van der Waals surface area contributed by atoms with Crippen LogP contribution in [-0.4, -0.2) is 16.7 Å². The Morgan fingerprint density at radius 3 is 2.74 bits per heavy atom. The van der Waals surface area contributed by atoms with Gasteiger partial charge in [0.15, 0.2) is 0 Å². The third-order valence-electron chi connectivity index (χ3n) is 6.12. The number of fused-ring (bicyclic) bond motifs is 1. The number of halogens is 1. The van der Waals surface area contributed by atoms with Crippen molar-refractivity contribution in [3.63, 3.8) is 0 Å². The molecule has 1 aliphatic heterocycles. The van der Waals surface area contributed by atoms with Crippen LogP contribution in [-0.2, 0) is 17.7 Å². The molecule has 166 valence electrons. The number of hydrogen-bond acceptors (Lipinski definition) is 4. The van der Waals surface area contributed by atoms with Gasteiger partial charge in [-0.2, -0.15) is 0 Å². The number of benzene rings is 1. The molecule has 7 heteroatoms. The molecule has 2 heterocycles. The van der Waals surface area contributed by atoms with Gasteiger partial charge in [-0.1, -0.05) is 24.9 Å². The fourth-order valence-electron chi connectivity index (χ4n) is 4.76. The van der Waals surface area contributed by atoms with Gasteiger partial charge in [0.2, 0.25) is 5.79 Å². The first kappa shape index (κ1) is 21.9. The molecule has 1 spiro atoms. The SMILES string of the molecule is CCCc1cc(C)[nH]c(=O)c1CNC(=O)c1cc(Cl)cc2c1C(C)OC1(CCCC1)O2. The van der Waals surface area contributed by atoms with Gasteiger partial charge in [-0.25, -0.2) is 0 Å².